The van der Waals surface area contributed by atoms with Gasteiger partial charge in [-0.05, 0) is 51.4 Å². The van der Waals surface area contributed by atoms with E-state index in [4.69, 9.17) is 4.74 Å². The molecule has 0 aromatic carbocycles. The van der Waals surface area contributed by atoms with Crippen LogP contribution in [0, 0.1) is 0 Å². The Kier molecular flexibility index (Phi) is 4.62. The average Bonchev–Trinajstić information content (AvgIpc) is 2.61. The van der Waals surface area contributed by atoms with Crippen LogP contribution < -0.4 is 15.4 Å². The average molecular weight is 235 g/mol. The smallest absolute Gasteiger partial charge is 0.237 e. The van der Waals surface area contributed by atoms with E-state index >= 15 is 0 Å². The van der Waals surface area contributed by atoms with Crippen LogP contribution in [0.3, 0.4) is 0 Å². The third kappa shape index (κ3) is 3.60. The fourth-order valence-corrected chi connectivity index (χ4v) is 2.14. The zero-order chi connectivity index (χ0) is 11.9. The first-order chi connectivity index (χ1) is 8.40. The highest BCUT2D eigenvalue weighted by Crippen LogP contribution is 2.23. The Hall–Kier alpha value is -1.29. The Morgan fingerprint density at radius 3 is 3.29 bits per heavy atom. The van der Waals surface area contributed by atoms with Crippen molar-refractivity contribution >= 4 is 5.69 Å². The molecule has 0 spiro atoms. The zero-order valence-corrected chi connectivity index (χ0v) is 10.4. The molecule has 2 rings (SSSR count). The van der Waals surface area contributed by atoms with E-state index in [1.54, 1.807) is 6.20 Å². The van der Waals surface area contributed by atoms with Crippen LogP contribution in [0.5, 0.6) is 5.88 Å². The number of aromatic nitrogens is 1. The first-order valence-electron chi connectivity index (χ1n) is 6.45. The first kappa shape index (κ1) is 12.2. The van der Waals surface area contributed by atoms with Crippen molar-refractivity contribution in [2.75, 3.05) is 25.0 Å². The minimum Gasteiger partial charge on any atom is -0.476 e. The molecule has 1 aromatic heterocycles. The van der Waals surface area contributed by atoms with Gasteiger partial charge in [-0.25, -0.2) is 4.98 Å². The van der Waals surface area contributed by atoms with Gasteiger partial charge in [-0.3, -0.25) is 0 Å². The van der Waals surface area contributed by atoms with Gasteiger partial charge >= 0.3 is 0 Å². The third-order valence-corrected chi connectivity index (χ3v) is 2.99. The van der Waals surface area contributed by atoms with Crippen LogP contribution in [0.15, 0.2) is 18.3 Å². The Morgan fingerprint density at radius 2 is 2.41 bits per heavy atom. The summed E-state index contributed by atoms with van der Waals surface area (Å²) in [6.07, 6.45) is 5.35. The molecule has 94 valence electrons. The zero-order valence-electron chi connectivity index (χ0n) is 10.4. The van der Waals surface area contributed by atoms with Gasteiger partial charge < -0.3 is 15.4 Å². The number of rotatable bonds is 4. The van der Waals surface area contributed by atoms with Crippen molar-refractivity contribution < 1.29 is 4.74 Å². The lowest BCUT2D eigenvalue weighted by molar-refractivity contribution is 0.328. The molecule has 1 aliphatic rings. The number of nitrogens with one attached hydrogen (secondary N) is 2. The van der Waals surface area contributed by atoms with Gasteiger partial charge in [0.15, 0.2) is 0 Å². The van der Waals surface area contributed by atoms with E-state index < -0.39 is 0 Å². The molecule has 1 fully saturated rings. The van der Waals surface area contributed by atoms with Crippen LogP contribution >= 0.6 is 0 Å². The second kappa shape index (κ2) is 6.45. The third-order valence-electron chi connectivity index (χ3n) is 2.99. The lowest BCUT2D eigenvalue weighted by Gasteiger charge is -2.18. The van der Waals surface area contributed by atoms with Crippen LogP contribution in [-0.2, 0) is 0 Å². The standard InChI is InChI=1S/C13H21N3O/c1-2-17-13-12(6-4-9-15-13)16-11-5-3-8-14-10-7-11/h4,6,9,11,14,16H,2-3,5,7-8,10H2,1H3. The number of hydrogen-bond donors (Lipinski definition) is 2. The van der Waals surface area contributed by atoms with Gasteiger partial charge in [-0.2, -0.15) is 0 Å². The van der Waals surface area contributed by atoms with Crippen LogP contribution in [-0.4, -0.2) is 30.7 Å². The molecule has 0 aliphatic carbocycles. The second-order valence-electron chi connectivity index (χ2n) is 4.31. The first-order valence-corrected chi connectivity index (χ1v) is 6.45. The van der Waals surface area contributed by atoms with Crippen molar-refractivity contribution in [3.05, 3.63) is 18.3 Å². The summed E-state index contributed by atoms with van der Waals surface area (Å²) in [7, 11) is 0. The van der Waals surface area contributed by atoms with Gasteiger partial charge in [-0.1, -0.05) is 0 Å². The van der Waals surface area contributed by atoms with E-state index in [1.807, 2.05) is 19.1 Å². The highest BCUT2D eigenvalue weighted by molar-refractivity contribution is 5.52. The van der Waals surface area contributed by atoms with Crippen LogP contribution in [0.1, 0.15) is 26.2 Å². The van der Waals surface area contributed by atoms with Crippen molar-refractivity contribution in [1.82, 2.24) is 10.3 Å². The summed E-state index contributed by atoms with van der Waals surface area (Å²) in [6, 6.07) is 4.50. The summed E-state index contributed by atoms with van der Waals surface area (Å²) in [6.45, 7) is 4.84. The number of anilines is 1. The topological polar surface area (TPSA) is 46.2 Å². The quantitative estimate of drug-likeness (QED) is 0.838. The summed E-state index contributed by atoms with van der Waals surface area (Å²) >= 11 is 0. The predicted octanol–water partition coefficient (Wildman–Crippen LogP) is 2.03. The summed E-state index contributed by atoms with van der Waals surface area (Å²) in [4.78, 5) is 4.26. The molecule has 17 heavy (non-hydrogen) atoms. The predicted molar refractivity (Wildman–Crippen MR) is 69.5 cm³/mol. The fourth-order valence-electron chi connectivity index (χ4n) is 2.14. The molecule has 0 amide bonds. The van der Waals surface area contributed by atoms with Crippen molar-refractivity contribution in [3.63, 3.8) is 0 Å². The van der Waals surface area contributed by atoms with Crippen LogP contribution in [0.2, 0.25) is 0 Å². The van der Waals surface area contributed by atoms with Gasteiger partial charge in [-0.15, -0.1) is 0 Å². The minimum atomic E-state index is 0.522. The molecule has 0 bridgehead atoms. The van der Waals surface area contributed by atoms with E-state index in [0.29, 0.717) is 18.5 Å². The van der Waals surface area contributed by atoms with E-state index in [-0.39, 0.29) is 0 Å². The fraction of sp³-hybridized carbons (Fsp3) is 0.615. The lowest BCUT2D eigenvalue weighted by atomic mass is 10.1. The largest absolute Gasteiger partial charge is 0.476 e. The van der Waals surface area contributed by atoms with E-state index in [0.717, 1.165) is 25.2 Å². The molecule has 1 saturated heterocycles. The summed E-state index contributed by atoms with van der Waals surface area (Å²) in [5, 5.41) is 6.96. The van der Waals surface area contributed by atoms with Gasteiger partial charge in [0.1, 0.15) is 0 Å². The second-order valence-corrected chi connectivity index (χ2v) is 4.31. The summed E-state index contributed by atoms with van der Waals surface area (Å²) in [5.41, 5.74) is 1.02. The molecule has 1 unspecified atom stereocenters. The number of hydrogen-bond acceptors (Lipinski definition) is 4. The Labute approximate surface area is 103 Å². The van der Waals surface area contributed by atoms with Gasteiger partial charge in [0.05, 0.1) is 12.3 Å². The molecule has 2 heterocycles. The molecule has 1 atom stereocenters. The van der Waals surface area contributed by atoms with E-state index in [9.17, 15) is 0 Å². The number of ether oxygens (including phenoxy) is 1. The molecular formula is C13H21N3O. The van der Waals surface area contributed by atoms with Gasteiger partial charge in [0.2, 0.25) is 5.88 Å². The van der Waals surface area contributed by atoms with Crippen molar-refractivity contribution in [2.45, 2.75) is 32.2 Å². The van der Waals surface area contributed by atoms with E-state index in [2.05, 4.69) is 15.6 Å². The summed E-state index contributed by atoms with van der Waals surface area (Å²) < 4.78 is 5.52. The molecule has 0 saturated carbocycles. The Bertz CT molecular complexity index is 335. The normalized spacial score (nSPS) is 20.6. The van der Waals surface area contributed by atoms with Gasteiger partial charge in [0, 0.05) is 12.2 Å². The Morgan fingerprint density at radius 1 is 1.47 bits per heavy atom. The number of pyridine rings is 1. The highest BCUT2D eigenvalue weighted by atomic mass is 16.5. The SMILES string of the molecule is CCOc1ncccc1NC1CCCNCC1. The van der Waals surface area contributed by atoms with Crippen LogP contribution in [0.25, 0.3) is 0 Å². The van der Waals surface area contributed by atoms with Gasteiger partial charge in [0.25, 0.3) is 0 Å². The molecular weight excluding hydrogens is 214 g/mol. The van der Waals surface area contributed by atoms with E-state index in [1.165, 1.54) is 12.8 Å². The van der Waals surface area contributed by atoms with Crippen molar-refractivity contribution in [1.29, 1.82) is 0 Å². The maximum absolute atomic E-state index is 5.52. The molecule has 0 radical (unpaired) electrons. The summed E-state index contributed by atoms with van der Waals surface area (Å²) in [5.74, 6) is 0.715. The molecule has 1 aliphatic heterocycles. The molecule has 2 N–H and O–H groups in total. The molecule has 4 nitrogen and oxygen atoms in total. The van der Waals surface area contributed by atoms with Crippen LogP contribution in [0.4, 0.5) is 5.69 Å². The molecule has 1 aromatic rings. The Balaban J connectivity index is 2.00. The van der Waals surface area contributed by atoms with Crippen molar-refractivity contribution in [2.24, 2.45) is 0 Å². The maximum atomic E-state index is 5.52. The minimum absolute atomic E-state index is 0.522. The number of nitrogens with zero attached hydrogens (tertiary/aromatic N) is 1. The highest BCUT2D eigenvalue weighted by Gasteiger charge is 2.13. The lowest BCUT2D eigenvalue weighted by Crippen LogP contribution is -2.22. The van der Waals surface area contributed by atoms with Crippen molar-refractivity contribution in [3.8, 4) is 5.88 Å². The monoisotopic (exact) mass is 235 g/mol. The molecule has 4 heteroatoms. The maximum Gasteiger partial charge on any atom is 0.237 e.